The topological polar surface area (TPSA) is 113 Å². The molecule has 0 atom stereocenters. The van der Waals surface area contributed by atoms with Gasteiger partial charge < -0.3 is 15.7 Å². The van der Waals surface area contributed by atoms with Gasteiger partial charge in [0.1, 0.15) is 5.69 Å². The third kappa shape index (κ3) is 4.32. The number of rotatable bonds is 8. The Balaban J connectivity index is 2.92. The molecule has 0 amide bonds. The van der Waals surface area contributed by atoms with E-state index >= 15 is 0 Å². The van der Waals surface area contributed by atoms with Crippen LogP contribution in [0.1, 0.15) is 25.5 Å². The molecule has 3 N–H and O–H groups in total. The Morgan fingerprint density at radius 3 is 2.63 bits per heavy atom. The number of hydrogen-bond acceptors (Lipinski definition) is 7. The van der Waals surface area contributed by atoms with E-state index in [4.69, 9.17) is 5.11 Å². The van der Waals surface area contributed by atoms with Gasteiger partial charge in [0, 0.05) is 19.7 Å². The van der Waals surface area contributed by atoms with Crippen molar-refractivity contribution in [2.45, 2.75) is 26.7 Å². The summed E-state index contributed by atoms with van der Waals surface area (Å²) in [6, 6.07) is 0. The molecular weight excluding hydrogens is 250 g/mol. The average molecular weight is 269 g/mol. The van der Waals surface area contributed by atoms with Gasteiger partial charge in [0.15, 0.2) is 0 Å². The van der Waals surface area contributed by atoms with Crippen LogP contribution >= 0.6 is 0 Å². The maximum atomic E-state index is 11.0. The Bertz CT molecular complexity index is 439. The number of aliphatic hydroxyl groups excluding tert-OH is 1. The van der Waals surface area contributed by atoms with Gasteiger partial charge in [0.05, 0.1) is 4.92 Å². The summed E-state index contributed by atoms with van der Waals surface area (Å²) in [7, 11) is 0. The summed E-state index contributed by atoms with van der Waals surface area (Å²) < 4.78 is 0. The van der Waals surface area contributed by atoms with E-state index in [9.17, 15) is 10.1 Å². The fourth-order valence-corrected chi connectivity index (χ4v) is 1.59. The summed E-state index contributed by atoms with van der Waals surface area (Å²) >= 11 is 0. The molecule has 0 unspecified atom stereocenters. The molecule has 1 aromatic heterocycles. The van der Waals surface area contributed by atoms with Crippen LogP contribution in [-0.2, 0) is 0 Å². The molecule has 1 rings (SSSR count). The molecule has 8 nitrogen and oxygen atoms in total. The van der Waals surface area contributed by atoms with Crippen molar-refractivity contribution in [2.24, 2.45) is 0 Å². The summed E-state index contributed by atoms with van der Waals surface area (Å²) in [5.41, 5.74) is 0.214. The molecule has 0 aliphatic carbocycles. The second-order valence-electron chi connectivity index (χ2n) is 3.97. The van der Waals surface area contributed by atoms with Crippen molar-refractivity contribution in [2.75, 3.05) is 30.3 Å². The van der Waals surface area contributed by atoms with Gasteiger partial charge in [-0.3, -0.25) is 10.1 Å². The Hall–Kier alpha value is -1.96. The maximum Gasteiger partial charge on any atom is 0.332 e. The van der Waals surface area contributed by atoms with Crippen LogP contribution in [0.4, 0.5) is 17.5 Å². The molecule has 0 aliphatic rings. The van der Waals surface area contributed by atoms with Crippen LogP contribution in [0.2, 0.25) is 0 Å². The van der Waals surface area contributed by atoms with E-state index in [-0.39, 0.29) is 18.1 Å². The zero-order valence-electron chi connectivity index (χ0n) is 11.1. The summed E-state index contributed by atoms with van der Waals surface area (Å²) in [6.07, 6.45) is 1.36. The molecule has 0 aromatic carbocycles. The van der Waals surface area contributed by atoms with Gasteiger partial charge in [-0.15, -0.1) is 0 Å². The zero-order valence-corrected chi connectivity index (χ0v) is 11.1. The average Bonchev–Trinajstić information content (AvgIpc) is 2.34. The minimum Gasteiger partial charge on any atom is -0.396 e. The normalized spacial score (nSPS) is 10.3. The van der Waals surface area contributed by atoms with Crippen molar-refractivity contribution in [1.82, 2.24) is 9.97 Å². The number of nitro groups is 1. The van der Waals surface area contributed by atoms with E-state index in [1.54, 1.807) is 6.92 Å². The summed E-state index contributed by atoms with van der Waals surface area (Å²) in [4.78, 5) is 18.7. The monoisotopic (exact) mass is 269 g/mol. The van der Waals surface area contributed by atoms with E-state index in [1.165, 1.54) is 0 Å². The lowest BCUT2D eigenvalue weighted by Gasteiger charge is -2.09. The lowest BCUT2D eigenvalue weighted by Crippen LogP contribution is -2.12. The number of anilines is 2. The molecule has 0 bridgehead atoms. The van der Waals surface area contributed by atoms with Crippen molar-refractivity contribution in [1.29, 1.82) is 0 Å². The van der Waals surface area contributed by atoms with Gasteiger partial charge in [0.25, 0.3) is 0 Å². The first kappa shape index (κ1) is 15.1. The van der Waals surface area contributed by atoms with E-state index in [1.807, 2.05) is 6.92 Å². The highest BCUT2D eigenvalue weighted by atomic mass is 16.6. The lowest BCUT2D eigenvalue weighted by atomic mass is 10.3. The molecule has 106 valence electrons. The molecule has 0 radical (unpaired) electrons. The minimum atomic E-state index is -0.487. The van der Waals surface area contributed by atoms with E-state index in [0.717, 1.165) is 0 Å². The molecule has 19 heavy (non-hydrogen) atoms. The Morgan fingerprint density at radius 1 is 1.32 bits per heavy atom. The first-order valence-electron chi connectivity index (χ1n) is 6.21. The fourth-order valence-electron chi connectivity index (χ4n) is 1.59. The van der Waals surface area contributed by atoms with Crippen LogP contribution < -0.4 is 10.6 Å². The number of aromatic nitrogens is 2. The van der Waals surface area contributed by atoms with Gasteiger partial charge in [-0.2, -0.15) is 4.98 Å². The highest BCUT2D eigenvalue weighted by Gasteiger charge is 2.21. The van der Waals surface area contributed by atoms with E-state index in [0.29, 0.717) is 37.6 Å². The van der Waals surface area contributed by atoms with Crippen molar-refractivity contribution in [3.05, 3.63) is 15.8 Å². The predicted octanol–water partition coefficient (Wildman–Crippen LogP) is 1.31. The fraction of sp³-hybridized carbons (Fsp3) is 0.636. The van der Waals surface area contributed by atoms with E-state index < -0.39 is 4.92 Å². The number of unbranched alkanes of at least 4 members (excludes halogenated alkanes) is 1. The highest BCUT2D eigenvalue weighted by Crippen LogP contribution is 2.26. The third-order valence-electron chi connectivity index (χ3n) is 2.45. The zero-order chi connectivity index (χ0) is 14.3. The van der Waals surface area contributed by atoms with Gasteiger partial charge in [-0.25, -0.2) is 4.98 Å². The summed E-state index contributed by atoms with van der Waals surface area (Å²) in [5, 5.41) is 25.6. The molecule has 0 saturated carbocycles. The van der Waals surface area contributed by atoms with Crippen LogP contribution in [0.15, 0.2) is 0 Å². The Labute approximate surface area is 111 Å². The number of hydrogen-bond donors (Lipinski definition) is 3. The molecule has 0 fully saturated rings. The van der Waals surface area contributed by atoms with Crippen molar-refractivity contribution >= 4 is 17.5 Å². The minimum absolute atomic E-state index is 0.106. The number of nitrogens with zero attached hydrogens (tertiary/aromatic N) is 3. The second kappa shape index (κ2) is 7.47. The Kier molecular flexibility index (Phi) is 5.94. The number of nitrogens with one attached hydrogen (secondary N) is 2. The van der Waals surface area contributed by atoms with Gasteiger partial charge in [-0.1, -0.05) is 0 Å². The van der Waals surface area contributed by atoms with Crippen molar-refractivity contribution in [3.8, 4) is 0 Å². The SMILES string of the molecule is CCNc1nc(C)c([N+](=O)[O-])c(NCCCCO)n1. The standard InChI is InChI=1S/C11H19N5O3/c1-3-12-11-14-8(2)9(16(18)19)10(15-11)13-6-4-5-7-17/h17H,3-7H2,1-2H3,(H2,12,13,14,15). The molecule has 8 heteroatoms. The predicted molar refractivity (Wildman–Crippen MR) is 72.4 cm³/mol. The van der Waals surface area contributed by atoms with Crippen molar-refractivity contribution < 1.29 is 10.0 Å². The highest BCUT2D eigenvalue weighted by molar-refractivity contribution is 5.60. The van der Waals surface area contributed by atoms with Crippen LogP contribution in [0.25, 0.3) is 0 Å². The molecule has 1 heterocycles. The Morgan fingerprint density at radius 2 is 2.05 bits per heavy atom. The van der Waals surface area contributed by atoms with Gasteiger partial charge in [-0.05, 0) is 26.7 Å². The number of aliphatic hydroxyl groups is 1. The van der Waals surface area contributed by atoms with Crippen molar-refractivity contribution in [3.63, 3.8) is 0 Å². The second-order valence-corrected chi connectivity index (χ2v) is 3.97. The van der Waals surface area contributed by atoms with Gasteiger partial charge in [0.2, 0.25) is 11.8 Å². The molecular formula is C11H19N5O3. The summed E-state index contributed by atoms with van der Waals surface area (Å²) in [5.74, 6) is 0.585. The van der Waals surface area contributed by atoms with Crippen LogP contribution in [-0.4, -0.2) is 39.7 Å². The maximum absolute atomic E-state index is 11.0. The number of aryl methyl sites for hydroxylation is 1. The van der Waals surface area contributed by atoms with Gasteiger partial charge >= 0.3 is 5.69 Å². The third-order valence-corrected chi connectivity index (χ3v) is 2.45. The quantitative estimate of drug-likeness (QED) is 0.370. The molecule has 1 aromatic rings. The first-order valence-corrected chi connectivity index (χ1v) is 6.21. The smallest absolute Gasteiger partial charge is 0.332 e. The lowest BCUT2D eigenvalue weighted by molar-refractivity contribution is -0.385. The molecule has 0 spiro atoms. The van der Waals surface area contributed by atoms with E-state index in [2.05, 4.69) is 20.6 Å². The van der Waals surface area contributed by atoms with Crippen LogP contribution in [0.5, 0.6) is 0 Å². The van der Waals surface area contributed by atoms with Crippen LogP contribution in [0.3, 0.4) is 0 Å². The first-order chi connectivity index (χ1) is 9.10. The molecule has 0 aliphatic heterocycles. The summed E-state index contributed by atoms with van der Waals surface area (Å²) in [6.45, 7) is 4.74. The van der Waals surface area contributed by atoms with Crippen LogP contribution in [0, 0.1) is 17.0 Å². The molecule has 0 saturated heterocycles. The largest absolute Gasteiger partial charge is 0.396 e.